The highest BCUT2D eigenvalue weighted by Crippen LogP contribution is 2.24. The summed E-state index contributed by atoms with van der Waals surface area (Å²) in [5.74, 6) is 0.164. The highest BCUT2D eigenvalue weighted by Gasteiger charge is 2.09. The number of pyridine rings is 1. The van der Waals surface area contributed by atoms with Crippen LogP contribution in [0.25, 0.3) is 10.3 Å². The first kappa shape index (κ1) is 12.8. The molecule has 18 heavy (non-hydrogen) atoms. The molecule has 0 saturated heterocycles. The van der Waals surface area contributed by atoms with Crippen LogP contribution in [0.15, 0.2) is 12.3 Å². The van der Waals surface area contributed by atoms with Gasteiger partial charge in [-0.25, -0.2) is 14.8 Å². The van der Waals surface area contributed by atoms with E-state index in [1.54, 1.807) is 12.3 Å². The molecule has 0 saturated carbocycles. The van der Waals surface area contributed by atoms with Crippen molar-refractivity contribution in [2.75, 3.05) is 13.2 Å². The number of unbranched alkanes of at least 4 members (excludes halogenated alkanes) is 1. The Kier molecular flexibility index (Phi) is 4.46. The second-order valence-electron chi connectivity index (χ2n) is 3.63. The average Bonchev–Trinajstić information content (AvgIpc) is 2.85. The number of hydrogen-bond donors (Lipinski definition) is 0. The van der Waals surface area contributed by atoms with E-state index in [0.717, 1.165) is 17.7 Å². The maximum atomic E-state index is 11.4. The van der Waals surface area contributed by atoms with E-state index in [1.165, 1.54) is 11.3 Å². The zero-order chi connectivity index (χ0) is 12.8. The van der Waals surface area contributed by atoms with Gasteiger partial charge < -0.3 is 9.47 Å². The number of carbonyl (C=O) groups excluding carboxylic acids is 1. The average molecular weight is 265 g/mol. The summed E-state index contributed by atoms with van der Waals surface area (Å²) in [7, 11) is 0. The van der Waals surface area contributed by atoms with Gasteiger partial charge in [0.2, 0.25) is 0 Å². The summed E-state index contributed by atoms with van der Waals surface area (Å²) in [4.78, 5) is 20.3. The van der Waals surface area contributed by atoms with Gasteiger partial charge >= 0.3 is 5.97 Å². The molecule has 2 rings (SSSR count). The third-order valence-corrected chi connectivity index (χ3v) is 2.93. The van der Waals surface area contributed by atoms with Crippen LogP contribution in [0.3, 0.4) is 0 Å². The molecule has 2 aromatic heterocycles. The predicted octanol–water partition coefficient (Wildman–Crippen LogP) is 2.21. The SMILES string of the molecule is CCCCOC(=O)COc1ccnc2s[c]nc12. The van der Waals surface area contributed by atoms with Crippen LogP contribution >= 0.6 is 11.3 Å². The van der Waals surface area contributed by atoms with Crippen LogP contribution in [0, 0.1) is 5.51 Å². The number of ether oxygens (including phenoxy) is 2. The summed E-state index contributed by atoms with van der Waals surface area (Å²) in [5.41, 5.74) is 3.37. The highest BCUT2D eigenvalue weighted by molar-refractivity contribution is 7.15. The van der Waals surface area contributed by atoms with Gasteiger partial charge in [0.15, 0.2) is 12.1 Å². The van der Waals surface area contributed by atoms with Crippen LogP contribution in [0.1, 0.15) is 19.8 Å². The summed E-state index contributed by atoms with van der Waals surface area (Å²) in [6.45, 7) is 2.37. The number of fused-ring (bicyclic) bond motifs is 1. The second-order valence-corrected chi connectivity index (χ2v) is 4.40. The molecule has 0 aliphatic carbocycles. The molecule has 0 aromatic carbocycles. The van der Waals surface area contributed by atoms with E-state index in [4.69, 9.17) is 9.47 Å². The van der Waals surface area contributed by atoms with Crippen molar-refractivity contribution in [3.63, 3.8) is 0 Å². The van der Waals surface area contributed by atoms with Crippen molar-refractivity contribution in [2.24, 2.45) is 0 Å². The lowest BCUT2D eigenvalue weighted by molar-refractivity contribution is -0.146. The molecule has 0 aliphatic rings. The van der Waals surface area contributed by atoms with Gasteiger partial charge in [-0.3, -0.25) is 0 Å². The maximum absolute atomic E-state index is 11.4. The minimum absolute atomic E-state index is 0.111. The highest BCUT2D eigenvalue weighted by atomic mass is 32.1. The zero-order valence-electron chi connectivity index (χ0n) is 10.0. The summed E-state index contributed by atoms with van der Waals surface area (Å²) in [6, 6.07) is 1.68. The van der Waals surface area contributed by atoms with Crippen molar-refractivity contribution >= 4 is 27.7 Å². The molecule has 0 aliphatic heterocycles. The molecule has 5 nitrogen and oxygen atoms in total. The molecule has 0 amide bonds. The number of aromatic nitrogens is 2. The Balaban J connectivity index is 1.90. The minimum Gasteiger partial charge on any atom is -0.479 e. The smallest absolute Gasteiger partial charge is 0.344 e. The molecule has 0 unspecified atom stereocenters. The Morgan fingerprint density at radius 2 is 2.44 bits per heavy atom. The molecule has 6 heteroatoms. The Hall–Kier alpha value is -1.69. The first-order valence-corrected chi connectivity index (χ1v) is 6.53. The lowest BCUT2D eigenvalue weighted by Crippen LogP contribution is -2.15. The fourth-order valence-electron chi connectivity index (χ4n) is 1.33. The normalized spacial score (nSPS) is 10.5. The van der Waals surface area contributed by atoms with E-state index in [9.17, 15) is 4.79 Å². The van der Waals surface area contributed by atoms with E-state index in [2.05, 4.69) is 15.5 Å². The van der Waals surface area contributed by atoms with Crippen molar-refractivity contribution in [1.82, 2.24) is 9.97 Å². The van der Waals surface area contributed by atoms with Crippen LogP contribution in [-0.4, -0.2) is 29.2 Å². The van der Waals surface area contributed by atoms with Gasteiger partial charge in [-0.2, -0.15) is 0 Å². The van der Waals surface area contributed by atoms with Crippen LogP contribution in [-0.2, 0) is 9.53 Å². The van der Waals surface area contributed by atoms with Crippen molar-refractivity contribution in [1.29, 1.82) is 0 Å². The van der Waals surface area contributed by atoms with Crippen LogP contribution in [0.4, 0.5) is 0 Å². The number of nitrogens with zero attached hydrogens (tertiary/aromatic N) is 2. The molecule has 0 fully saturated rings. The topological polar surface area (TPSA) is 61.3 Å². The Bertz CT molecular complexity index is 527. The predicted molar refractivity (Wildman–Crippen MR) is 67.6 cm³/mol. The minimum atomic E-state index is -0.368. The lowest BCUT2D eigenvalue weighted by Gasteiger charge is -2.06. The first-order chi connectivity index (χ1) is 8.81. The van der Waals surface area contributed by atoms with E-state index < -0.39 is 0 Å². The molecule has 0 atom stereocenters. The molecule has 95 valence electrons. The van der Waals surface area contributed by atoms with Gasteiger partial charge in [-0.05, 0) is 6.42 Å². The molecule has 2 aromatic rings. The van der Waals surface area contributed by atoms with Crippen molar-refractivity contribution in [2.45, 2.75) is 19.8 Å². The van der Waals surface area contributed by atoms with Crippen LogP contribution in [0.5, 0.6) is 5.75 Å². The van der Waals surface area contributed by atoms with Gasteiger partial charge in [0.25, 0.3) is 0 Å². The van der Waals surface area contributed by atoms with Crippen molar-refractivity contribution in [3.8, 4) is 5.75 Å². The molecule has 2 heterocycles. The Morgan fingerprint density at radius 1 is 1.56 bits per heavy atom. The molecule has 0 spiro atoms. The summed E-state index contributed by atoms with van der Waals surface area (Å²) in [5, 5.41) is 0. The first-order valence-electron chi connectivity index (χ1n) is 5.71. The van der Waals surface area contributed by atoms with E-state index in [0.29, 0.717) is 17.9 Å². The van der Waals surface area contributed by atoms with Crippen LogP contribution in [0.2, 0.25) is 0 Å². The summed E-state index contributed by atoms with van der Waals surface area (Å²) in [6.07, 6.45) is 3.48. The van der Waals surface area contributed by atoms with E-state index in [-0.39, 0.29) is 12.6 Å². The molecular formula is C12H13N2O3S. The van der Waals surface area contributed by atoms with Crippen molar-refractivity contribution < 1.29 is 14.3 Å². The molecule has 0 N–H and O–H groups in total. The molecular weight excluding hydrogens is 252 g/mol. The van der Waals surface area contributed by atoms with Gasteiger partial charge in [0, 0.05) is 12.3 Å². The third kappa shape index (κ3) is 3.16. The number of hydrogen-bond acceptors (Lipinski definition) is 6. The standard InChI is InChI=1S/C12H13N2O3S/c1-2-3-6-16-10(15)7-17-9-4-5-13-12-11(9)14-8-18-12/h4-5H,2-3,6-7H2,1H3. The van der Waals surface area contributed by atoms with Gasteiger partial charge in [-0.15, -0.1) is 0 Å². The summed E-state index contributed by atoms with van der Waals surface area (Å²) < 4.78 is 10.4. The number of esters is 1. The third-order valence-electron chi connectivity index (χ3n) is 2.26. The lowest BCUT2D eigenvalue weighted by atomic mass is 10.4. The maximum Gasteiger partial charge on any atom is 0.344 e. The Labute approximate surface area is 109 Å². The monoisotopic (exact) mass is 265 g/mol. The van der Waals surface area contributed by atoms with Gasteiger partial charge in [-0.1, -0.05) is 24.7 Å². The molecule has 1 radical (unpaired) electrons. The zero-order valence-corrected chi connectivity index (χ0v) is 10.8. The van der Waals surface area contributed by atoms with E-state index in [1.807, 2.05) is 6.92 Å². The van der Waals surface area contributed by atoms with Gasteiger partial charge in [0.1, 0.15) is 16.1 Å². The number of rotatable bonds is 6. The summed E-state index contributed by atoms with van der Waals surface area (Å²) >= 11 is 1.31. The van der Waals surface area contributed by atoms with Crippen LogP contribution < -0.4 is 4.74 Å². The van der Waals surface area contributed by atoms with Crippen molar-refractivity contribution in [3.05, 3.63) is 17.8 Å². The number of carbonyl (C=O) groups is 1. The molecule has 0 bridgehead atoms. The second kappa shape index (κ2) is 6.30. The number of thiazole rings is 1. The Morgan fingerprint density at radius 3 is 3.28 bits per heavy atom. The largest absolute Gasteiger partial charge is 0.479 e. The fourth-order valence-corrected chi connectivity index (χ4v) is 1.91. The quantitative estimate of drug-likeness (QED) is 0.592. The van der Waals surface area contributed by atoms with Gasteiger partial charge in [0.05, 0.1) is 6.61 Å². The van der Waals surface area contributed by atoms with E-state index >= 15 is 0 Å². The fraction of sp³-hybridized carbons (Fsp3) is 0.417.